The molecule has 7 aromatic rings. The summed E-state index contributed by atoms with van der Waals surface area (Å²) in [5.74, 6) is -0.357. The standard InChI is InChI=1S/C35H25N3O2/c39-31-18-10-7-15-27(31)35(40)36-22-23-19-20-26-28(21-23)34-37-29-16-8-9-17-30(29)38(34)33(25-13-5-2-6-14-25)32(26)24-11-3-1-4-12-24/h1-21,39H,22H2,(H,36,40). The van der Waals surface area contributed by atoms with Crippen molar-refractivity contribution in [2.75, 3.05) is 0 Å². The lowest BCUT2D eigenvalue weighted by Gasteiger charge is -2.18. The van der Waals surface area contributed by atoms with Crippen molar-refractivity contribution in [3.05, 3.63) is 139 Å². The van der Waals surface area contributed by atoms with E-state index in [4.69, 9.17) is 4.98 Å². The van der Waals surface area contributed by atoms with Gasteiger partial charge in [0.2, 0.25) is 0 Å². The first kappa shape index (κ1) is 23.7. The van der Waals surface area contributed by atoms with Crippen LogP contribution in [0.2, 0.25) is 0 Å². The van der Waals surface area contributed by atoms with Gasteiger partial charge in [-0.25, -0.2) is 4.98 Å². The summed E-state index contributed by atoms with van der Waals surface area (Å²) in [5, 5.41) is 15.1. The summed E-state index contributed by atoms with van der Waals surface area (Å²) in [6, 6.07) is 42.0. The van der Waals surface area contributed by atoms with Gasteiger partial charge in [-0.05, 0) is 52.4 Å². The van der Waals surface area contributed by atoms with Gasteiger partial charge >= 0.3 is 0 Å². The zero-order valence-corrected chi connectivity index (χ0v) is 21.6. The third-order valence-electron chi connectivity index (χ3n) is 7.33. The predicted octanol–water partition coefficient (Wildman–Crippen LogP) is 7.61. The first-order chi connectivity index (χ1) is 19.7. The molecular formula is C35H25N3O2. The molecule has 0 spiro atoms. The van der Waals surface area contributed by atoms with E-state index in [1.807, 2.05) is 36.4 Å². The fourth-order valence-electron chi connectivity index (χ4n) is 5.49. The monoisotopic (exact) mass is 519 g/mol. The highest BCUT2D eigenvalue weighted by Crippen LogP contribution is 2.41. The summed E-state index contributed by atoms with van der Waals surface area (Å²) in [6.07, 6.45) is 0. The predicted molar refractivity (Wildman–Crippen MR) is 160 cm³/mol. The van der Waals surface area contributed by atoms with E-state index in [9.17, 15) is 9.90 Å². The largest absolute Gasteiger partial charge is 0.507 e. The Kier molecular flexibility index (Phi) is 5.75. The average molecular weight is 520 g/mol. The van der Waals surface area contributed by atoms with Gasteiger partial charge in [0.25, 0.3) is 5.91 Å². The molecule has 0 aliphatic carbocycles. The number of amides is 1. The van der Waals surface area contributed by atoms with Crippen molar-refractivity contribution in [2.45, 2.75) is 6.54 Å². The van der Waals surface area contributed by atoms with Gasteiger partial charge < -0.3 is 10.4 Å². The molecule has 0 saturated heterocycles. The average Bonchev–Trinajstić information content (AvgIpc) is 3.40. The molecule has 5 nitrogen and oxygen atoms in total. The topological polar surface area (TPSA) is 66.6 Å². The lowest BCUT2D eigenvalue weighted by Crippen LogP contribution is -2.22. The number of carbonyl (C=O) groups excluding carboxylic acids is 1. The maximum atomic E-state index is 12.8. The van der Waals surface area contributed by atoms with Crippen LogP contribution in [0.15, 0.2) is 127 Å². The molecule has 0 aliphatic heterocycles. The quantitative estimate of drug-likeness (QED) is 0.246. The van der Waals surface area contributed by atoms with Crippen molar-refractivity contribution < 1.29 is 9.90 Å². The lowest BCUT2D eigenvalue weighted by atomic mass is 9.93. The summed E-state index contributed by atoms with van der Waals surface area (Å²) >= 11 is 0. The van der Waals surface area contributed by atoms with E-state index in [-0.39, 0.29) is 17.2 Å². The Morgan fingerprint density at radius 1 is 0.725 bits per heavy atom. The molecule has 0 saturated carbocycles. The minimum atomic E-state index is -0.320. The second-order valence-electron chi connectivity index (χ2n) is 9.79. The zero-order valence-electron chi connectivity index (χ0n) is 21.6. The molecule has 0 radical (unpaired) electrons. The highest BCUT2D eigenvalue weighted by atomic mass is 16.3. The van der Waals surface area contributed by atoms with Gasteiger partial charge in [0.1, 0.15) is 11.4 Å². The van der Waals surface area contributed by atoms with Gasteiger partial charge in [-0.2, -0.15) is 0 Å². The van der Waals surface area contributed by atoms with Crippen molar-refractivity contribution in [2.24, 2.45) is 0 Å². The fraction of sp³-hybridized carbons (Fsp3) is 0.0286. The number of aromatic nitrogens is 2. The molecule has 1 amide bonds. The Morgan fingerprint density at radius 3 is 2.17 bits per heavy atom. The molecule has 0 bridgehead atoms. The molecule has 192 valence electrons. The number of nitrogens with zero attached hydrogens (tertiary/aromatic N) is 2. The first-order valence-electron chi connectivity index (χ1n) is 13.2. The van der Waals surface area contributed by atoms with E-state index in [1.54, 1.807) is 18.2 Å². The van der Waals surface area contributed by atoms with Crippen LogP contribution < -0.4 is 5.32 Å². The Balaban J connectivity index is 1.48. The molecular weight excluding hydrogens is 494 g/mol. The number of fused-ring (bicyclic) bond motifs is 5. The highest BCUT2D eigenvalue weighted by Gasteiger charge is 2.21. The molecule has 0 aliphatic rings. The Bertz CT molecular complexity index is 2030. The molecule has 0 unspecified atom stereocenters. The molecule has 5 heteroatoms. The van der Waals surface area contributed by atoms with Crippen LogP contribution in [-0.2, 0) is 6.54 Å². The number of phenols is 1. The maximum absolute atomic E-state index is 12.8. The number of carbonyl (C=O) groups is 1. The van der Waals surface area contributed by atoms with Crippen LogP contribution in [-0.4, -0.2) is 20.4 Å². The van der Waals surface area contributed by atoms with Crippen LogP contribution in [0.4, 0.5) is 0 Å². The molecule has 0 atom stereocenters. The van der Waals surface area contributed by atoms with Crippen molar-refractivity contribution in [1.82, 2.24) is 14.7 Å². The van der Waals surface area contributed by atoms with E-state index < -0.39 is 0 Å². The molecule has 2 N–H and O–H groups in total. The number of hydrogen-bond acceptors (Lipinski definition) is 3. The normalized spacial score (nSPS) is 11.3. The summed E-state index contributed by atoms with van der Waals surface area (Å²) < 4.78 is 2.26. The number of nitrogens with one attached hydrogen (secondary N) is 1. The Morgan fingerprint density at radius 2 is 1.40 bits per heavy atom. The maximum Gasteiger partial charge on any atom is 0.255 e. The van der Waals surface area contributed by atoms with Gasteiger partial charge in [0, 0.05) is 17.5 Å². The van der Waals surface area contributed by atoms with Crippen LogP contribution in [0.25, 0.3) is 49.8 Å². The molecule has 7 rings (SSSR count). The first-order valence-corrected chi connectivity index (χ1v) is 13.2. The van der Waals surface area contributed by atoms with Crippen molar-refractivity contribution in [3.63, 3.8) is 0 Å². The minimum absolute atomic E-state index is 0.0368. The number of imidazole rings is 1. The minimum Gasteiger partial charge on any atom is -0.507 e. The SMILES string of the molecule is O=C(NCc1ccc2c(-c3ccccc3)c(-c3ccccc3)n3c4ccccc4nc3c2c1)c1ccccc1O. The molecule has 5 aromatic carbocycles. The lowest BCUT2D eigenvalue weighted by molar-refractivity contribution is 0.0948. The fourth-order valence-corrected chi connectivity index (χ4v) is 5.49. The third-order valence-corrected chi connectivity index (χ3v) is 7.33. The van der Waals surface area contributed by atoms with Crippen molar-refractivity contribution >= 4 is 33.4 Å². The van der Waals surface area contributed by atoms with Gasteiger partial charge in [-0.3, -0.25) is 9.20 Å². The molecule has 2 heterocycles. The second-order valence-corrected chi connectivity index (χ2v) is 9.79. The van der Waals surface area contributed by atoms with Crippen LogP contribution >= 0.6 is 0 Å². The Hall–Kier alpha value is -5.42. The van der Waals surface area contributed by atoms with Gasteiger partial charge in [-0.1, -0.05) is 97.1 Å². The third kappa shape index (κ3) is 3.96. The Labute approximate surface area is 231 Å². The number of benzene rings is 5. The number of rotatable bonds is 5. The van der Waals surface area contributed by atoms with E-state index >= 15 is 0 Å². The smallest absolute Gasteiger partial charge is 0.255 e. The molecule has 0 fully saturated rings. The highest BCUT2D eigenvalue weighted by molar-refractivity contribution is 6.11. The van der Waals surface area contributed by atoms with Gasteiger partial charge in [-0.15, -0.1) is 0 Å². The molecule has 40 heavy (non-hydrogen) atoms. The number of aromatic hydroxyl groups is 1. The van der Waals surface area contributed by atoms with Crippen LogP contribution in [0.1, 0.15) is 15.9 Å². The summed E-state index contributed by atoms with van der Waals surface area (Å²) in [7, 11) is 0. The number of para-hydroxylation sites is 3. The summed E-state index contributed by atoms with van der Waals surface area (Å²) in [5.41, 5.74) is 8.45. The van der Waals surface area contributed by atoms with Crippen LogP contribution in [0.5, 0.6) is 5.75 Å². The van der Waals surface area contributed by atoms with Crippen molar-refractivity contribution in [1.29, 1.82) is 0 Å². The van der Waals surface area contributed by atoms with Crippen molar-refractivity contribution in [3.8, 4) is 28.1 Å². The van der Waals surface area contributed by atoms with E-state index in [0.717, 1.165) is 55.4 Å². The van der Waals surface area contributed by atoms with E-state index in [1.165, 1.54) is 6.07 Å². The van der Waals surface area contributed by atoms with E-state index in [2.05, 4.69) is 76.4 Å². The number of hydrogen-bond donors (Lipinski definition) is 2. The van der Waals surface area contributed by atoms with Gasteiger partial charge in [0.15, 0.2) is 0 Å². The second kappa shape index (κ2) is 9.71. The summed E-state index contributed by atoms with van der Waals surface area (Å²) in [6.45, 7) is 0.316. The molecule has 2 aromatic heterocycles. The van der Waals surface area contributed by atoms with Gasteiger partial charge in [0.05, 0.1) is 22.3 Å². The number of pyridine rings is 1. The van der Waals surface area contributed by atoms with Crippen LogP contribution in [0.3, 0.4) is 0 Å². The van der Waals surface area contributed by atoms with Crippen LogP contribution in [0, 0.1) is 0 Å². The zero-order chi connectivity index (χ0) is 27.1. The summed E-state index contributed by atoms with van der Waals surface area (Å²) in [4.78, 5) is 17.9. The van der Waals surface area contributed by atoms with E-state index in [0.29, 0.717) is 6.54 Å². The number of phenolic OH excluding ortho intramolecular Hbond substituents is 1.